The monoisotopic (exact) mass is 503 g/mol. The van der Waals surface area contributed by atoms with Crippen LogP contribution in [0.2, 0.25) is 0 Å². The number of pyridine rings is 1. The number of fused-ring (bicyclic) bond motifs is 3. The molecule has 0 aliphatic carbocycles. The molecule has 11 heteroatoms. The van der Waals surface area contributed by atoms with Crippen LogP contribution in [0.1, 0.15) is 35.6 Å². The molecule has 1 aliphatic rings. The van der Waals surface area contributed by atoms with Gasteiger partial charge in [-0.2, -0.15) is 8.78 Å². The molecule has 35 heavy (non-hydrogen) atoms. The highest BCUT2D eigenvalue weighted by Gasteiger charge is 2.36. The fraction of sp³-hybridized carbons (Fsp3) is 0.250. The van der Waals surface area contributed by atoms with E-state index in [1.807, 2.05) is 0 Å². The second-order valence-corrected chi connectivity index (χ2v) is 10.6. The van der Waals surface area contributed by atoms with Crippen molar-refractivity contribution in [3.05, 3.63) is 77.6 Å². The molecule has 1 aliphatic heterocycles. The third kappa shape index (κ3) is 4.48. The van der Waals surface area contributed by atoms with Crippen molar-refractivity contribution in [2.45, 2.75) is 30.9 Å². The lowest BCUT2D eigenvalue weighted by atomic mass is 10.0. The highest BCUT2D eigenvalue weighted by Crippen LogP contribution is 2.44. The predicted molar refractivity (Wildman–Crippen MR) is 122 cm³/mol. The van der Waals surface area contributed by atoms with Crippen molar-refractivity contribution in [1.82, 2.24) is 14.5 Å². The van der Waals surface area contributed by atoms with Gasteiger partial charge in [0.25, 0.3) is 0 Å². The fourth-order valence-electron chi connectivity index (χ4n) is 4.50. The van der Waals surface area contributed by atoms with Gasteiger partial charge in [-0.3, -0.25) is 4.98 Å². The number of alkyl halides is 2. The van der Waals surface area contributed by atoms with Crippen LogP contribution in [0.15, 0.2) is 54.7 Å². The molecule has 0 bridgehead atoms. The number of ether oxygens (including phenoxy) is 1. The van der Waals surface area contributed by atoms with Crippen molar-refractivity contribution in [3.63, 3.8) is 0 Å². The summed E-state index contributed by atoms with van der Waals surface area (Å²) in [5.74, 6) is -0.512. The average molecular weight is 504 g/mol. The molecule has 5 rings (SSSR count). The van der Waals surface area contributed by atoms with Crippen molar-refractivity contribution >= 4 is 20.9 Å². The van der Waals surface area contributed by atoms with Gasteiger partial charge in [0.2, 0.25) is 0 Å². The quantitative estimate of drug-likeness (QED) is 0.419. The molecule has 0 spiro atoms. The van der Waals surface area contributed by atoms with Crippen molar-refractivity contribution in [3.8, 4) is 16.9 Å². The van der Waals surface area contributed by atoms with E-state index < -0.39 is 34.4 Å². The third-order valence-electron chi connectivity index (χ3n) is 5.90. The largest absolute Gasteiger partial charge is 0.434 e. The number of rotatable bonds is 6. The fourth-order valence-corrected chi connectivity index (χ4v) is 5.21. The molecule has 0 radical (unpaired) electrons. The summed E-state index contributed by atoms with van der Waals surface area (Å²) in [6.07, 6.45) is 1.71. The molecule has 1 N–H and O–H groups in total. The Hall–Kier alpha value is -3.44. The summed E-state index contributed by atoms with van der Waals surface area (Å²) in [7, 11) is -3.27. The van der Waals surface area contributed by atoms with E-state index in [2.05, 4.69) is 9.97 Å². The highest BCUT2D eigenvalue weighted by atomic mass is 32.2. The zero-order valence-corrected chi connectivity index (χ0v) is 19.2. The van der Waals surface area contributed by atoms with E-state index >= 15 is 4.39 Å². The molecule has 0 saturated heterocycles. The standard InChI is InChI=1S/C24H20F3N3O4S/c1-35(32,33)12-14-7-6-13(11-28-14)16-8-20-18(9-17(16)25)29-23-21(31)10-19(30(20)23)15-4-2-3-5-22(15)34-24(26)27/h2-9,11,19,21,24,31H,10,12H2,1H3/t19-,21-/m1/s1. The topological polar surface area (TPSA) is 94.3 Å². The Morgan fingerprint density at radius 1 is 1.20 bits per heavy atom. The van der Waals surface area contributed by atoms with Crippen LogP contribution in [-0.4, -0.2) is 40.9 Å². The highest BCUT2D eigenvalue weighted by molar-refractivity contribution is 7.89. The van der Waals surface area contributed by atoms with E-state index in [-0.39, 0.29) is 23.5 Å². The summed E-state index contributed by atoms with van der Waals surface area (Å²) in [5.41, 5.74) is 2.22. The molecule has 3 heterocycles. The first-order valence-electron chi connectivity index (χ1n) is 10.7. The second-order valence-electron chi connectivity index (χ2n) is 8.45. The van der Waals surface area contributed by atoms with E-state index in [0.717, 1.165) is 6.26 Å². The van der Waals surface area contributed by atoms with Crippen molar-refractivity contribution in [1.29, 1.82) is 0 Å². The van der Waals surface area contributed by atoms with Crippen LogP contribution in [0, 0.1) is 5.82 Å². The second kappa shape index (κ2) is 8.65. The summed E-state index contributed by atoms with van der Waals surface area (Å²) in [4.78, 5) is 8.53. The first kappa shape index (κ1) is 23.3. The van der Waals surface area contributed by atoms with Gasteiger partial charge >= 0.3 is 6.61 Å². The summed E-state index contributed by atoms with van der Waals surface area (Å²) in [6.45, 7) is -3.01. The van der Waals surface area contributed by atoms with Gasteiger partial charge in [-0.1, -0.05) is 24.3 Å². The van der Waals surface area contributed by atoms with Gasteiger partial charge in [-0.15, -0.1) is 0 Å². The minimum Gasteiger partial charge on any atom is -0.434 e. The van der Waals surface area contributed by atoms with Crippen molar-refractivity contribution in [2.75, 3.05) is 6.26 Å². The number of aromatic nitrogens is 3. The third-order valence-corrected chi connectivity index (χ3v) is 6.72. The molecular formula is C24H20F3N3O4S. The SMILES string of the molecule is CS(=O)(=O)Cc1ccc(-c2cc3c(cc2F)nc2n3[C@@H](c3ccccc3OC(F)F)C[C@H]2O)cn1. The Kier molecular flexibility index (Phi) is 5.76. The van der Waals surface area contributed by atoms with E-state index in [1.54, 1.807) is 34.9 Å². The van der Waals surface area contributed by atoms with Gasteiger partial charge in [0, 0.05) is 41.6 Å². The van der Waals surface area contributed by atoms with Crippen LogP contribution in [0.4, 0.5) is 13.2 Å². The molecule has 0 fully saturated rings. The lowest BCUT2D eigenvalue weighted by molar-refractivity contribution is -0.0507. The number of halogens is 3. The maximum Gasteiger partial charge on any atom is 0.387 e. The normalized spacial score (nSPS) is 17.8. The lowest BCUT2D eigenvalue weighted by Crippen LogP contribution is -2.10. The molecule has 2 aromatic heterocycles. The minimum atomic E-state index is -3.27. The van der Waals surface area contributed by atoms with Gasteiger partial charge < -0.3 is 14.4 Å². The zero-order chi connectivity index (χ0) is 24.9. The van der Waals surface area contributed by atoms with Crippen LogP contribution >= 0.6 is 0 Å². The first-order valence-corrected chi connectivity index (χ1v) is 12.7. The average Bonchev–Trinajstić information content (AvgIpc) is 3.29. The molecule has 4 aromatic rings. The maximum absolute atomic E-state index is 15.0. The number of nitrogens with zero attached hydrogens (tertiary/aromatic N) is 3. The van der Waals surface area contributed by atoms with Crippen LogP contribution in [-0.2, 0) is 15.6 Å². The van der Waals surface area contributed by atoms with Crippen LogP contribution in [0.5, 0.6) is 5.75 Å². The van der Waals surface area contributed by atoms with Crippen molar-refractivity contribution in [2.24, 2.45) is 0 Å². The Morgan fingerprint density at radius 2 is 1.97 bits per heavy atom. The number of benzene rings is 2. The van der Waals surface area contributed by atoms with Gasteiger partial charge in [0.15, 0.2) is 9.84 Å². The minimum absolute atomic E-state index is 0.0117. The molecule has 0 saturated carbocycles. The summed E-state index contributed by atoms with van der Waals surface area (Å²) in [5, 5.41) is 10.6. The van der Waals surface area contributed by atoms with E-state index in [9.17, 15) is 22.3 Å². The lowest BCUT2D eigenvalue weighted by Gasteiger charge is -2.19. The number of imidazole rings is 1. The number of para-hydroxylation sites is 1. The number of hydrogen-bond acceptors (Lipinski definition) is 6. The number of aliphatic hydroxyl groups is 1. The molecular weight excluding hydrogens is 483 g/mol. The summed E-state index contributed by atoms with van der Waals surface area (Å²) in [6, 6.07) is 11.7. The van der Waals surface area contributed by atoms with Gasteiger partial charge in [0.05, 0.1) is 28.5 Å². The Bertz CT molecular complexity index is 1520. The van der Waals surface area contributed by atoms with Crippen molar-refractivity contribution < 1.29 is 31.4 Å². The van der Waals surface area contributed by atoms with Crippen LogP contribution in [0.3, 0.4) is 0 Å². The van der Waals surface area contributed by atoms with Gasteiger partial charge in [0.1, 0.15) is 23.5 Å². The number of hydrogen-bond donors (Lipinski definition) is 1. The summed E-state index contributed by atoms with van der Waals surface area (Å²) < 4.78 is 70.4. The molecule has 0 unspecified atom stereocenters. The van der Waals surface area contributed by atoms with E-state index in [1.165, 1.54) is 24.4 Å². The van der Waals surface area contributed by atoms with Crippen LogP contribution < -0.4 is 4.74 Å². The predicted octanol–water partition coefficient (Wildman–Crippen LogP) is 4.41. The number of sulfone groups is 1. The Balaban J connectivity index is 1.61. The first-order chi connectivity index (χ1) is 16.6. The molecule has 2 atom stereocenters. The van der Waals surface area contributed by atoms with Gasteiger partial charge in [-0.05, 0) is 18.2 Å². The molecule has 182 valence electrons. The maximum atomic E-state index is 15.0. The van der Waals surface area contributed by atoms with E-state index in [4.69, 9.17) is 4.74 Å². The number of aliphatic hydroxyl groups excluding tert-OH is 1. The Labute approximate surface area is 198 Å². The molecule has 0 amide bonds. The molecule has 2 aromatic carbocycles. The Morgan fingerprint density at radius 3 is 2.66 bits per heavy atom. The molecule has 7 nitrogen and oxygen atoms in total. The zero-order valence-electron chi connectivity index (χ0n) is 18.4. The smallest absolute Gasteiger partial charge is 0.387 e. The van der Waals surface area contributed by atoms with Crippen LogP contribution in [0.25, 0.3) is 22.2 Å². The summed E-state index contributed by atoms with van der Waals surface area (Å²) >= 11 is 0. The van der Waals surface area contributed by atoms with Gasteiger partial charge in [-0.25, -0.2) is 17.8 Å². The van der Waals surface area contributed by atoms with E-state index in [0.29, 0.717) is 33.7 Å².